The number of fused-ring (bicyclic) bond motifs is 1. The number of urea groups is 1. The number of nitrogens with zero attached hydrogens (tertiary/aromatic N) is 5. The van der Waals surface area contributed by atoms with Crippen LogP contribution >= 0.6 is 0 Å². The van der Waals surface area contributed by atoms with Gasteiger partial charge in [-0.1, -0.05) is 114 Å². The number of para-hydroxylation sites is 2. The van der Waals surface area contributed by atoms with Gasteiger partial charge in [0.1, 0.15) is 17.9 Å². The van der Waals surface area contributed by atoms with E-state index in [4.69, 9.17) is 4.98 Å². The summed E-state index contributed by atoms with van der Waals surface area (Å²) in [5.74, 6) is -0.198. The van der Waals surface area contributed by atoms with Crippen molar-refractivity contribution in [2.45, 2.75) is 97.6 Å². The summed E-state index contributed by atoms with van der Waals surface area (Å²) in [6.07, 6.45) is -0.196. The van der Waals surface area contributed by atoms with E-state index in [2.05, 4.69) is 20.9 Å². The van der Waals surface area contributed by atoms with E-state index in [-0.39, 0.29) is 25.4 Å². The van der Waals surface area contributed by atoms with Crippen LogP contribution in [0.1, 0.15) is 64.9 Å². The fraction of sp³-hybridized carbons (Fsp3) is 0.417. The number of benzene rings is 3. The highest BCUT2D eigenvalue weighted by atomic mass is 16.4. The summed E-state index contributed by atoms with van der Waals surface area (Å²) in [5, 5.41) is 30.4. The van der Waals surface area contributed by atoms with Crippen LogP contribution in [0.2, 0.25) is 0 Å². The van der Waals surface area contributed by atoms with Gasteiger partial charge in [-0.25, -0.2) is 14.6 Å². The standard InChI is InChI=1S/C48H60N8O6/c1-47(2,3)41(53-45(60)61)43(58)50-34(27-32-20-22-33(23-21-32)35-17-13-14-24-49-35)29-39(57)37(28-31-15-9-8-10-16-31)52-44(59)42(48(4,5)6)56-26-25-55(46(56)62)30-40-51-36-18-11-12-19-38(36)54(40)7/h8-24,34,37,39,41-42,53,57H,25-30H2,1-7H3,(H,50,58)(H,52,59)(H,60,61)/t34-,37+,39+,41-,42-/m1/s1. The molecule has 0 bridgehead atoms. The third kappa shape index (κ3) is 11.1. The molecular formula is C48H60N8O6. The first-order valence-electron chi connectivity index (χ1n) is 21.2. The van der Waals surface area contributed by atoms with Crippen molar-refractivity contribution in [3.05, 3.63) is 120 Å². The van der Waals surface area contributed by atoms with Crippen LogP contribution in [0.5, 0.6) is 0 Å². The number of aryl methyl sites for hydroxylation is 1. The van der Waals surface area contributed by atoms with Gasteiger partial charge in [0.2, 0.25) is 11.8 Å². The molecule has 0 saturated carbocycles. The zero-order valence-electron chi connectivity index (χ0n) is 36.7. The van der Waals surface area contributed by atoms with Crippen LogP contribution in [0.3, 0.4) is 0 Å². The van der Waals surface area contributed by atoms with E-state index >= 15 is 0 Å². The molecule has 6 rings (SSSR count). The van der Waals surface area contributed by atoms with E-state index in [1.54, 1.807) is 36.8 Å². The van der Waals surface area contributed by atoms with E-state index < -0.39 is 59.0 Å². The first-order chi connectivity index (χ1) is 29.4. The number of hydrogen-bond acceptors (Lipinski definition) is 7. The van der Waals surface area contributed by atoms with Gasteiger partial charge >= 0.3 is 12.1 Å². The second-order valence-electron chi connectivity index (χ2n) is 18.4. The summed E-state index contributed by atoms with van der Waals surface area (Å²) in [5.41, 5.74) is 3.82. The SMILES string of the molecule is Cn1c(CN2CCN([C@H](C(=O)N[C@@H](Cc3ccccc3)[C@@H](O)C[C@@H](Cc3ccc(-c4ccccn4)cc3)NC(=O)[C@@H](NC(=O)O)C(C)(C)C)C(C)(C)C)C2=O)nc2ccccc21. The number of aromatic nitrogens is 3. The Morgan fingerprint density at radius 1 is 0.758 bits per heavy atom. The minimum atomic E-state index is -1.33. The second-order valence-corrected chi connectivity index (χ2v) is 18.4. The quantitative estimate of drug-likeness (QED) is 0.0781. The highest BCUT2D eigenvalue weighted by Crippen LogP contribution is 2.30. The third-order valence-electron chi connectivity index (χ3n) is 11.5. The number of rotatable bonds is 16. The lowest BCUT2D eigenvalue weighted by atomic mass is 9.84. The molecule has 1 fully saturated rings. The van der Waals surface area contributed by atoms with E-state index in [9.17, 15) is 29.4 Å². The van der Waals surface area contributed by atoms with Crippen molar-refractivity contribution in [2.75, 3.05) is 13.1 Å². The molecule has 0 aliphatic carbocycles. The third-order valence-corrected chi connectivity index (χ3v) is 11.5. The van der Waals surface area contributed by atoms with E-state index in [0.717, 1.165) is 39.2 Å². The first-order valence-corrected chi connectivity index (χ1v) is 21.2. The molecule has 1 aliphatic rings. The van der Waals surface area contributed by atoms with Crippen molar-refractivity contribution >= 4 is 35.0 Å². The molecule has 328 valence electrons. The Balaban J connectivity index is 1.25. The number of nitrogens with one attached hydrogen (secondary N) is 3. The van der Waals surface area contributed by atoms with Crippen molar-refractivity contribution in [2.24, 2.45) is 17.9 Å². The number of carbonyl (C=O) groups excluding carboxylic acids is 3. The molecule has 0 spiro atoms. The molecule has 5 aromatic rings. The average molecular weight is 845 g/mol. The maximum absolute atomic E-state index is 14.7. The van der Waals surface area contributed by atoms with Gasteiger partial charge in [-0.15, -0.1) is 0 Å². The molecule has 5 atom stereocenters. The fourth-order valence-corrected chi connectivity index (χ4v) is 8.27. The Hall–Kier alpha value is -6.28. The average Bonchev–Trinajstić information content (AvgIpc) is 3.73. The molecule has 14 nitrogen and oxygen atoms in total. The number of pyridine rings is 1. The summed E-state index contributed by atoms with van der Waals surface area (Å²) < 4.78 is 1.98. The molecule has 5 N–H and O–H groups in total. The van der Waals surface area contributed by atoms with Crippen LogP contribution in [0.25, 0.3) is 22.3 Å². The molecule has 1 aliphatic heterocycles. The van der Waals surface area contributed by atoms with Gasteiger partial charge in [-0.05, 0) is 65.5 Å². The zero-order chi connectivity index (χ0) is 44.8. The predicted molar refractivity (Wildman–Crippen MR) is 239 cm³/mol. The van der Waals surface area contributed by atoms with Crippen LogP contribution < -0.4 is 16.0 Å². The van der Waals surface area contributed by atoms with Crippen LogP contribution in [0.4, 0.5) is 9.59 Å². The molecule has 1 saturated heterocycles. The summed E-state index contributed by atoms with van der Waals surface area (Å²) in [6, 6.07) is 27.0. The van der Waals surface area contributed by atoms with Crippen LogP contribution in [-0.4, -0.2) is 102 Å². The number of carbonyl (C=O) groups is 4. The fourth-order valence-electron chi connectivity index (χ4n) is 8.27. The van der Waals surface area contributed by atoms with Crippen molar-refractivity contribution in [1.29, 1.82) is 0 Å². The van der Waals surface area contributed by atoms with Crippen molar-refractivity contribution in [3.8, 4) is 11.3 Å². The Labute approximate surface area is 363 Å². The summed E-state index contributed by atoms with van der Waals surface area (Å²) in [7, 11) is 1.93. The lowest BCUT2D eigenvalue weighted by molar-refractivity contribution is -0.131. The van der Waals surface area contributed by atoms with E-state index in [1.165, 1.54) is 0 Å². The van der Waals surface area contributed by atoms with Gasteiger partial charge in [0.05, 0.1) is 35.4 Å². The normalized spacial score (nSPS) is 15.8. The van der Waals surface area contributed by atoms with E-state index in [1.807, 2.05) is 129 Å². The molecule has 62 heavy (non-hydrogen) atoms. The first kappa shape index (κ1) is 45.3. The summed E-state index contributed by atoms with van der Waals surface area (Å²) in [4.78, 5) is 67.1. The lowest BCUT2D eigenvalue weighted by Gasteiger charge is -2.38. The molecule has 3 aromatic carbocycles. The maximum atomic E-state index is 14.7. The molecule has 2 aromatic heterocycles. The Morgan fingerprint density at radius 2 is 1.42 bits per heavy atom. The predicted octanol–water partition coefficient (Wildman–Crippen LogP) is 6.18. The Bertz CT molecular complexity index is 2320. The zero-order valence-corrected chi connectivity index (χ0v) is 36.7. The molecular weight excluding hydrogens is 785 g/mol. The van der Waals surface area contributed by atoms with Crippen molar-refractivity contribution < 1.29 is 29.4 Å². The highest BCUT2D eigenvalue weighted by molar-refractivity contribution is 5.89. The van der Waals surface area contributed by atoms with Gasteiger partial charge in [0, 0.05) is 37.9 Å². The van der Waals surface area contributed by atoms with Crippen molar-refractivity contribution in [1.82, 2.24) is 40.3 Å². The molecule has 0 radical (unpaired) electrons. The largest absolute Gasteiger partial charge is 0.465 e. The topological polar surface area (TPSA) is 182 Å². The van der Waals surface area contributed by atoms with Crippen LogP contribution in [0.15, 0.2) is 103 Å². The Kier molecular flexibility index (Phi) is 14.0. The number of aliphatic hydroxyl groups excluding tert-OH is 1. The van der Waals surface area contributed by atoms with Gasteiger partial charge in [0.15, 0.2) is 0 Å². The van der Waals surface area contributed by atoms with Gasteiger partial charge in [0.25, 0.3) is 0 Å². The smallest absolute Gasteiger partial charge is 0.405 e. The number of imidazole rings is 1. The summed E-state index contributed by atoms with van der Waals surface area (Å²) >= 11 is 0. The van der Waals surface area contributed by atoms with Crippen LogP contribution in [-0.2, 0) is 36.0 Å². The monoisotopic (exact) mass is 844 g/mol. The minimum Gasteiger partial charge on any atom is -0.465 e. The van der Waals surface area contributed by atoms with Gasteiger partial charge < -0.3 is 40.5 Å². The molecule has 14 heteroatoms. The van der Waals surface area contributed by atoms with Crippen LogP contribution in [0, 0.1) is 10.8 Å². The molecule has 3 heterocycles. The number of aliphatic hydroxyl groups is 1. The lowest BCUT2D eigenvalue weighted by Crippen LogP contribution is -2.59. The number of hydrogen-bond donors (Lipinski definition) is 5. The van der Waals surface area contributed by atoms with Gasteiger partial charge in [-0.3, -0.25) is 14.6 Å². The van der Waals surface area contributed by atoms with Gasteiger partial charge in [-0.2, -0.15) is 0 Å². The second kappa shape index (κ2) is 19.2. The number of amides is 5. The molecule has 0 unspecified atom stereocenters. The van der Waals surface area contributed by atoms with E-state index in [0.29, 0.717) is 19.5 Å². The maximum Gasteiger partial charge on any atom is 0.405 e. The van der Waals surface area contributed by atoms with Crippen molar-refractivity contribution in [3.63, 3.8) is 0 Å². The molecule has 5 amide bonds. The number of carboxylic acid groups (broad SMARTS) is 1. The summed E-state index contributed by atoms with van der Waals surface area (Å²) in [6.45, 7) is 12.1. The minimum absolute atomic E-state index is 0.0179. The Morgan fingerprint density at radius 3 is 2.05 bits per heavy atom. The highest BCUT2D eigenvalue weighted by Gasteiger charge is 2.45.